The van der Waals surface area contributed by atoms with Gasteiger partial charge in [0, 0.05) is 4.75 Å². The number of nitrogens with zero attached hydrogens (tertiary/aromatic N) is 2. The monoisotopic (exact) mass is 262 g/mol. The van der Waals surface area contributed by atoms with Crippen molar-refractivity contribution in [2.75, 3.05) is 6.54 Å². The Kier molecular flexibility index (Phi) is 1.89. The first-order valence-electron chi connectivity index (χ1n) is 5.58. The number of thioether (sulfide) groups is 1. The lowest BCUT2D eigenvalue weighted by Gasteiger charge is -1.99. The SMILES string of the molecule is Oc1ccc2nc(C3=NCC4(CC4)S3)sc2c1. The number of hydrogen-bond acceptors (Lipinski definition) is 5. The molecule has 1 N–H and O–H groups in total. The van der Waals surface area contributed by atoms with E-state index in [2.05, 4.69) is 9.98 Å². The van der Waals surface area contributed by atoms with E-state index in [4.69, 9.17) is 0 Å². The number of aliphatic imine (C=N–C) groups is 1. The lowest BCUT2D eigenvalue weighted by molar-refractivity contribution is 0.476. The maximum Gasteiger partial charge on any atom is 0.149 e. The van der Waals surface area contributed by atoms with E-state index in [0.29, 0.717) is 10.5 Å². The summed E-state index contributed by atoms with van der Waals surface area (Å²) in [6.07, 6.45) is 2.58. The zero-order chi connectivity index (χ0) is 11.5. The molecule has 2 aromatic rings. The van der Waals surface area contributed by atoms with Gasteiger partial charge in [-0.1, -0.05) is 11.8 Å². The molecule has 86 valence electrons. The normalized spacial score (nSPS) is 21.1. The molecule has 0 amide bonds. The van der Waals surface area contributed by atoms with Gasteiger partial charge >= 0.3 is 0 Å². The molecule has 4 rings (SSSR count). The number of phenols is 1. The quantitative estimate of drug-likeness (QED) is 0.859. The summed E-state index contributed by atoms with van der Waals surface area (Å²) < 4.78 is 1.45. The van der Waals surface area contributed by atoms with Crippen molar-refractivity contribution in [1.29, 1.82) is 0 Å². The van der Waals surface area contributed by atoms with E-state index >= 15 is 0 Å². The van der Waals surface area contributed by atoms with Crippen molar-refractivity contribution >= 4 is 38.4 Å². The lowest BCUT2D eigenvalue weighted by Crippen LogP contribution is -2.01. The second-order valence-electron chi connectivity index (χ2n) is 4.58. The minimum Gasteiger partial charge on any atom is -0.508 e. The summed E-state index contributed by atoms with van der Waals surface area (Å²) in [5.74, 6) is 0.298. The van der Waals surface area contributed by atoms with E-state index in [9.17, 15) is 5.11 Å². The van der Waals surface area contributed by atoms with Gasteiger partial charge in [0.25, 0.3) is 0 Å². The van der Waals surface area contributed by atoms with Crippen LogP contribution in [-0.2, 0) is 0 Å². The van der Waals surface area contributed by atoms with Crippen LogP contribution in [0.1, 0.15) is 17.8 Å². The molecular formula is C12H10N2OS2. The molecule has 1 aromatic heterocycles. The van der Waals surface area contributed by atoms with Crippen LogP contribution >= 0.6 is 23.1 Å². The molecule has 5 heteroatoms. The number of phenolic OH excluding ortho intramolecular Hbond substituents is 1. The van der Waals surface area contributed by atoms with Gasteiger partial charge < -0.3 is 5.11 Å². The second-order valence-corrected chi connectivity index (χ2v) is 7.06. The van der Waals surface area contributed by atoms with Gasteiger partial charge in [0.1, 0.15) is 15.8 Å². The highest BCUT2D eigenvalue weighted by Crippen LogP contribution is 2.53. The van der Waals surface area contributed by atoms with Crippen molar-refractivity contribution in [1.82, 2.24) is 4.98 Å². The standard InChI is InChI=1S/C12H10N2OS2/c15-7-1-2-8-9(5-7)16-11(14-8)10-13-6-12(17-10)3-4-12/h1-2,5,15H,3-4,6H2. The molecule has 1 saturated carbocycles. The van der Waals surface area contributed by atoms with Crippen LogP contribution in [0.3, 0.4) is 0 Å². The number of thiazole rings is 1. The topological polar surface area (TPSA) is 45.5 Å². The van der Waals surface area contributed by atoms with Gasteiger partial charge in [0.2, 0.25) is 0 Å². The highest BCUT2D eigenvalue weighted by atomic mass is 32.2. The Balaban J connectivity index is 1.76. The highest BCUT2D eigenvalue weighted by molar-refractivity contribution is 8.16. The summed E-state index contributed by atoms with van der Waals surface area (Å²) in [6, 6.07) is 5.30. The Morgan fingerprint density at radius 2 is 2.18 bits per heavy atom. The van der Waals surface area contributed by atoms with Crippen LogP contribution in [0, 0.1) is 0 Å². The molecule has 0 radical (unpaired) electrons. The first-order valence-corrected chi connectivity index (χ1v) is 7.21. The van der Waals surface area contributed by atoms with Crippen LogP contribution in [0.5, 0.6) is 5.75 Å². The molecule has 17 heavy (non-hydrogen) atoms. The molecule has 1 fully saturated rings. The van der Waals surface area contributed by atoms with Crippen molar-refractivity contribution in [3.8, 4) is 5.75 Å². The molecular weight excluding hydrogens is 252 g/mol. The third-order valence-corrected chi connectivity index (χ3v) is 5.83. The Morgan fingerprint density at radius 1 is 1.29 bits per heavy atom. The predicted molar refractivity (Wildman–Crippen MR) is 72.2 cm³/mol. The fourth-order valence-electron chi connectivity index (χ4n) is 2.00. The van der Waals surface area contributed by atoms with Crippen LogP contribution in [0.15, 0.2) is 23.2 Å². The smallest absolute Gasteiger partial charge is 0.149 e. The molecule has 2 heterocycles. The van der Waals surface area contributed by atoms with E-state index in [1.807, 2.05) is 17.8 Å². The molecule has 0 bridgehead atoms. The third kappa shape index (κ3) is 1.57. The van der Waals surface area contributed by atoms with Gasteiger partial charge in [0.15, 0.2) is 0 Å². The number of fused-ring (bicyclic) bond motifs is 1. The molecule has 3 nitrogen and oxygen atoms in total. The van der Waals surface area contributed by atoms with Gasteiger partial charge in [-0.2, -0.15) is 0 Å². The summed E-state index contributed by atoms with van der Waals surface area (Å²) in [7, 11) is 0. The van der Waals surface area contributed by atoms with E-state index in [1.54, 1.807) is 23.5 Å². The summed E-state index contributed by atoms with van der Waals surface area (Å²) in [5.41, 5.74) is 0.947. The number of aromatic nitrogens is 1. The number of aromatic hydroxyl groups is 1. The Bertz CT molecular complexity index is 643. The fraction of sp³-hybridized carbons (Fsp3) is 0.333. The molecule has 0 unspecified atom stereocenters. The summed E-state index contributed by atoms with van der Waals surface area (Å²) >= 11 is 3.50. The van der Waals surface area contributed by atoms with E-state index < -0.39 is 0 Å². The minimum absolute atomic E-state index is 0.298. The molecule has 1 aromatic carbocycles. The molecule has 1 aliphatic heterocycles. The summed E-state index contributed by atoms with van der Waals surface area (Å²) in [5, 5.41) is 11.5. The van der Waals surface area contributed by atoms with Gasteiger partial charge in [-0.05, 0) is 31.0 Å². The van der Waals surface area contributed by atoms with Crippen molar-refractivity contribution < 1.29 is 5.11 Å². The molecule has 2 aliphatic rings. The van der Waals surface area contributed by atoms with Gasteiger partial charge in [0.05, 0.1) is 16.8 Å². The van der Waals surface area contributed by atoms with E-state index in [1.165, 1.54) is 12.8 Å². The maximum absolute atomic E-state index is 9.44. The van der Waals surface area contributed by atoms with E-state index in [-0.39, 0.29) is 0 Å². The Hall–Kier alpha value is -1.07. The Morgan fingerprint density at radius 3 is 2.94 bits per heavy atom. The molecule has 1 spiro atoms. The first kappa shape index (κ1) is 9.91. The fourth-order valence-corrected chi connectivity index (χ4v) is 4.26. The van der Waals surface area contributed by atoms with E-state index in [0.717, 1.165) is 26.8 Å². The number of benzene rings is 1. The van der Waals surface area contributed by atoms with Crippen molar-refractivity contribution in [3.63, 3.8) is 0 Å². The van der Waals surface area contributed by atoms with Gasteiger partial charge in [-0.3, -0.25) is 4.99 Å². The third-order valence-electron chi connectivity index (χ3n) is 3.19. The molecule has 0 atom stereocenters. The van der Waals surface area contributed by atoms with Crippen LogP contribution in [0.25, 0.3) is 10.2 Å². The van der Waals surface area contributed by atoms with Crippen LogP contribution in [0.2, 0.25) is 0 Å². The van der Waals surface area contributed by atoms with Crippen LogP contribution < -0.4 is 0 Å². The average molecular weight is 262 g/mol. The molecule has 0 saturated heterocycles. The maximum atomic E-state index is 9.44. The Labute approximate surface area is 107 Å². The summed E-state index contributed by atoms with van der Waals surface area (Å²) in [6.45, 7) is 0.953. The zero-order valence-corrected chi connectivity index (χ0v) is 10.6. The zero-order valence-electron chi connectivity index (χ0n) is 9.01. The van der Waals surface area contributed by atoms with Crippen molar-refractivity contribution in [3.05, 3.63) is 23.2 Å². The van der Waals surface area contributed by atoms with Gasteiger partial charge in [-0.15, -0.1) is 11.3 Å². The van der Waals surface area contributed by atoms with Crippen molar-refractivity contribution in [2.45, 2.75) is 17.6 Å². The van der Waals surface area contributed by atoms with Gasteiger partial charge in [-0.25, -0.2) is 4.98 Å². The van der Waals surface area contributed by atoms with Crippen molar-refractivity contribution in [2.24, 2.45) is 4.99 Å². The predicted octanol–water partition coefficient (Wildman–Crippen LogP) is 3.03. The molecule has 1 aliphatic carbocycles. The lowest BCUT2D eigenvalue weighted by atomic mass is 10.3. The first-order chi connectivity index (χ1) is 8.24. The number of rotatable bonds is 1. The average Bonchev–Trinajstić information content (AvgIpc) is 2.74. The van der Waals surface area contributed by atoms with Crippen LogP contribution in [-0.4, -0.2) is 26.4 Å². The summed E-state index contributed by atoms with van der Waals surface area (Å²) in [4.78, 5) is 9.19. The second kappa shape index (κ2) is 3.23. The number of hydrogen-bond donors (Lipinski definition) is 1. The van der Waals surface area contributed by atoms with Crippen LogP contribution in [0.4, 0.5) is 0 Å². The minimum atomic E-state index is 0.298. The highest BCUT2D eigenvalue weighted by Gasteiger charge is 2.48. The largest absolute Gasteiger partial charge is 0.508 e.